The maximum absolute atomic E-state index is 12.9. The Balaban J connectivity index is 2.44. The molecule has 0 N–H and O–H groups in total. The van der Waals surface area contributed by atoms with Crippen LogP contribution >= 0.6 is 27.3 Å². The van der Waals surface area contributed by atoms with Gasteiger partial charge >= 0.3 is 0 Å². The van der Waals surface area contributed by atoms with Gasteiger partial charge in [-0.1, -0.05) is 0 Å². The van der Waals surface area contributed by atoms with Gasteiger partial charge < -0.3 is 0 Å². The van der Waals surface area contributed by atoms with Gasteiger partial charge in [-0.05, 0) is 59.3 Å². The van der Waals surface area contributed by atoms with E-state index in [1.165, 1.54) is 28.6 Å². The minimum absolute atomic E-state index is 0.255. The largest absolute Gasteiger partial charge is 0.273 e. The highest BCUT2D eigenvalue weighted by Gasteiger charge is 2.25. The first-order valence-corrected chi connectivity index (χ1v) is 8.53. The molecule has 102 valence electrons. The molecular formula is C12H11BrFNO2S2. The van der Waals surface area contributed by atoms with Gasteiger partial charge in [-0.25, -0.2) is 12.8 Å². The van der Waals surface area contributed by atoms with Gasteiger partial charge in [0.15, 0.2) is 0 Å². The molecule has 0 aliphatic carbocycles. The predicted octanol–water partition coefficient (Wildman–Crippen LogP) is 3.86. The topological polar surface area (TPSA) is 37.4 Å². The standard InChI is InChI=1S/C12H11BrFNO2S2/c1-2-15(10-5-3-9(14)4-6-10)19(16,17)12-8-7-11(13)18-12/h3-8H,2H2,1H3. The first-order valence-electron chi connectivity index (χ1n) is 5.49. The zero-order chi connectivity index (χ0) is 14.0. The zero-order valence-corrected chi connectivity index (χ0v) is 13.2. The Labute approximate surface area is 123 Å². The molecule has 0 saturated heterocycles. The predicted molar refractivity (Wildman–Crippen MR) is 78.6 cm³/mol. The molecule has 1 aromatic carbocycles. The van der Waals surface area contributed by atoms with Crippen LogP contribution in [0.1, 0.15) is 6.92 Å². The molecule has 0 radical (unpaired) electrons. The van der Waals surface area contributed by atoms with E-state index in [4.69, 9.17) is 0 Å². The lowest BCUT2D eigenvalue weighted by molar-refractivity contribution is 0.593. The third kappa shape index (κ3) is 2.98. The van der Waals surface area contributed by atoms with E-state index in [-0.39, 0.29) is 10.8 Å². The average molecular weight is 364 g/mol. The fourth-order valence-corrected chi connectivity index (χ4v) is 5.24. The van der Waals surface area contributed by atoms with Gasteiger partial charge in [0.25, 0.3) is 10.0 Å². The van der Waals surface area contributed by atoms with Crippen molar-refractivity contribution in [2.75, 3.05) is 10.8 Å². The van der Waals surface area contributed by atoms with Crippen molar-refractivity contribution in [3.63, 3.8) is 0 Å². The molecule has 0 bridgehead atoms. The monoisotopic (exact) mass is 363 g/mol. The average Bonchev–Trinajstić information content (AvgIpc) is 2.80. The Morgan fingerprint density at radius 3 is 2.32 bits per heavy atom. The Kier molecular flexibility index (Phi) is 4.27. The van der Waals surface area contributed by atoms with Crippen LogP contribution in [0.2, 0.25) is 0 Å². The number of anilines is 1. The van der Waals surface area contributed by atoms with Gasteiger partial charge in [-0.3, -0.25) is 4.31 Å². The van der Waals surface area contributed by atoms with E-state index in [1.807, 2.05) is 0 Å². The number of thiophene rings is 1. The highest BCUT2D eigenvalue weighted by atomic mass is 79.9. The summed E-state index contributed by atoms with van der Waals surface area (Å²) in [4.78, 5) is 0. The maximum Gasteiger partial charge on any atom is 0.273 e. The molecule has 0 atom stereocenters. The summed E-state index contributed by atoms with van der Waals surface area (Å²) in [6.07, 6.45) is 0. The fourth-order valence-electron chi connectivity index (χ4n) is 1.64. The van der Waals surface area contributed by atoms with Gasteiger partial charge in [-0.15, -0.1) is 11.3 Å². The third-order valence-electron chi connectivity index (χ3n) is 2.49. The van der Waals surface area contributed by atoms with E-state index in [1.54, 1.807) is 19.1 Å². The number of rotatable bonds is 4. The van der Waals surface area contributed by atoms with Crippen LogP contribution in [0, 0.1) is 5.82 Å². The Bertz CT molecular complexity index is 667. The number of benzene rings is 1. The first kappa shape index (κ1) is 14.5. The lowest BCUT2D eigenvalue weighted by Gasteiger charge is -2.21. The van der Waals surface area contributed by atoms with Gasteiger partial charge in [0, 0.05) is 6.54 Å². The van der Waals surface area contributed by atoms with E-state index in [0.29, 0.717) is 5.69 Å². The molecule has 0 saturated carbocycles. The molecule has 0 spiro atoms. The molecule has 2 rings (SSSR count). The molecule has 3 nitrogen and oxygen atoms in total. The van der Waals surface area contributed by atoms with E-state index in [2.05, 4.69) is 15.9 Å². The van der Waals surface area contributed by atoms with Crippen molar-refractivity contribution in [1.82, 2.24) is 0 Å². The molecule has 2 aromatic rings. The highest BCUT2D eigenvalue weighted by molar-refractivity contribution is 9.11. The summed E-state index contributed by atoms with van der Waals surface area (Å²) in [6, 6.07) is 8.65. The summed E-state index contributed by atoms with van der Waals surface area (Å²) in [5.74, 6) is -0.393. The number of nitrogens with zero attached hydrogens (tertiary/aromatic N) is 1. The summed E-state index contributed by atoms with van der Waals surface area (Å²) in [7, 11) is -3.60. The fraction of sp³-hybridized carbons (Fsp3) is 0.167. The van der Waals surface area contributed by atoms with Gasteiger partial charge in [0.1, 0.15) is 10.0 Å². The first-order chi connectivity index (χ1) is 8.95. The van der Waals surface area contributed by atoms with Gasteiger partial charge in [0.05, 0.1) is 9.47 Å². The zero-order valence-electron chi connectivity index (χ0n) is 10.0. The quantitative estimate of drug-likeness (QED) is 0.826. The van der Waals surface area contributed by atoms with Crippen LogP contribution in [0.4, 0.5) is 10.1 Å². The van der Waals surface area contributed by atoms with Crippen LogP contribution in [-0.4, -0.2) is 15.0 Å². The van der Waals surface area contributed by atoms with Crippen LogP contribution in [-0.2, 0) is 10.0 Å². The van der Waals surface area contributed by atoms with Crippen LogP contribution in [0.25, 0.3) is 0 Å². The molecule has 1 heterocycles. The summed E-state index contributed by atoms with van der Waals surface area (Å²) in [6.45, 7) is 2.02. The molecule has 0 fully saturated rings. The molecule has 0 unspecified atom stereocenters. The molecule has 1 aromatic heterocycles. The van der Waals surface area contributed by atoms with E-state index in [9.17, 15) is 12.8 Å². The third-order valence-corrected chi connectivity index (χ3v) is 6.49. The van der Waals surface area contributed by atoms with Crippen molar-refractivity contribution in [2.45, 2.75) is 11.1 Å². The van der Waals surface area contributed by atoms with Crippen molar-refractivity contribution >= 4 is 43.0 Å². The minimum atomic E-state index is -3.60. The number of sulfonamides is 1. The SMILES string of the molecule is CCN(c1ccc(F)cc1)S(=O)(=O)c1ccc(Br)s1. The maximum atomic E-state index is 12.9. The normalized spacial score (nSPS) is 11.5. The van der Waals surface area contributed by atoms with Gasteiger partial charge in [0.2, 0.25) is 0 Å². The molecule has 7 heteroatoms. The van der Waals surface area contributed by atoms with E-state index < -0.39 is 15.8 Å². The number of halogens is 2. The van der Waals surface area contributed by atoms with Crippen LogP contribution in [0.3, 0.4) is 0 Å². The van der Waals surface area contributed by atoms with Crippen molar-refractivity contribution < 1.29 is 12.8 Å². The molecular weight excluding hydrogens is 353 g/mol. The summed E-state index contributed by atoms with van der Waals surface area (Å²) in [5, 5.41) is 0. The highest BCUT2D eigenvalue weighted by Crippen LogP contribution is 2.30. The van der Waals surface area contributed by atoms with Crippen molar-refractivity contribution in [3.05, 3.63) is 46.0 Å². The van der Waals surface area contributed by atoms with Crippen molar-refractivity contribution in [1.29, 1.82) is 0 Å². The van der Waals surface area contributed by atoms with Crippen molar-refractivity contribution in [3.8, 4) is 0 Å². The summed E-state index contributed by atoms with van der Waals surface area (Å²) >= 11 is 4.40. The second-order valence-electron chi connectivity index (χ2n) is 3.70. The number of hydrogen-bond donors (Lipinski definition) is 0. The van der Waals surface area contributed by atoms with Crippen molar-refractivity contribution in [2.24, 2.45) is 0 Å². The van der Waals surface area contributed by atoms with E-state index >= 15 is 0 Å². The lowest BCUT2D eigenvalue weighted by Crippen LogP contribution is -2.30. The van der Waals surface area contributed by atoms with Crippen LogP contribution in [0.15, 0.2) is 44.4 Å². The van der Waals surface area contributed by atoms with Crippen LogP contribution < -0.4 is 4.31 Å². The van der Waals surface area contributed by atoms with Gasteiger partial charge in [-0.2, -0.15) is 0 Å². The molecule has 19 heavy (non-hydrogen) atoms. The second kappa shape index (κ2) is 5.60. The molecule has 0 aliphatic heterocycles. The second-order valence-corrected chi connectivity index (χ2v) is 8.26. The van der Waals surface area contributed by atoms with Crippen LogP contribution in [0.5, 0.6) is 0 Å². The molecule has 0 amide bonds. The van der Waals surface area contributed by atoms with E-state index in [0.717, 1.165) is 15.1 Å². The molecule has 0 aliphatic rings. The number of hydrogen-bond acceptors (Lipinski definition) is 3. The Morgan fingerprint density at radius 1 is 1.21 bits per heavy atom. The minimum Gasteiger partial charge on any atom is -0.266 e. The smallest absolute Gasteiger partial charge is 0.266 e. The lowest BCUT2D eigenvalue weighted by atomic mass is 10.3. The summed E-state index contributed by atoms with van der Waals surface area (Å²) in [5.41, 5.74) is 0.452. The summed E-state index contributed by atoms with van der Waals surface area (Å²) < 4.78 is 40.1. The Hall–Kier alpha value is -0.920. The Morgan fingerprint density at radius 2 is 1.84 bits per heavy atom.